The Morgan fingerprint density at radius 2 is 0.391 bits per heavy atom. The summed E-state index contributed by atoms with van der Waals surface area (Å²) in [6, 6.07) is 42.2. The molecule has 0 radical (unpaired) electrons. The molecule has 0 heterocycles. The molecule has 15 heteroatoms. The van der Waals surface area contributed by atoms with Gasteiger partial charge < -0.3 is 56.3 Å². The van der Waals surface area contributed by atoms with Gasteiger partial charge in [0.2, 0.25) is 0 Å². The first-order chi connectivity index (χ1) is 33.7. The summed E-state index contributed by atoms with van der Waals surface area (Å²) in [5, 5.41) is 12.2. The molecule has 0 saturated carbocycles. The minimum atomic E-state index is -0.520. The lowest BCUT2D eigenvalue weighted by Crippen LogP contribution is -2.36. The largest absolute Gasteiger partial charge is 0.496 e. The summed E-state index contributed by atoms with van der Waals surface area (Å²) in [6.07, 6.45) is 0. The van der Waals surface area contributed by atoms with Crippen LogP contribution in [-0.4, -0.2) is 107 Å². The Morgan fingerprint density at radius 3 is 0.522 bits per heavy atom. The summed E-state index contributed by atoms with van der Waals surface area (Å²) in [5.74, 6) is 4.69. The van der Waals surface area contributed by atoms with Gasteiger partial charge >= 0.3 is 21.4 Å². The maximum atomic E-state index is 5.58. The highest BCUT2D eigenvalue weighted by Crippen LogP contribution is 2.36. The van der Waals surface area contributed by atoms with Crippen LogP contribution in [-0.2, 0) is 27.9 Å². The second-order valence-corrected chi connectivity index (χ2v) is 15.6. The van der Waals surface area contributed by atoms with Gasteiger partial charge in [0.05, 0.1) is 42.7 Å². The molecule has 0 aromatic heterocycles. The van der Waals surface area contributed by atoms with Crippen LogP contribution in [0.4, 0.5) is 0 Å². The zero-order valence-electron chi connectivity index (χ0n) is 41.3. The van der Waals surface area contributed by atoms with E-state index in [1.807, 2.05) is 72.8 Å². The topological polar surface area (TPSA) is 111 Å². The number of hydrogen-bond donors (Lipinski definition) is 0. The average molecular weight is 930 g/mol. The van der Waals surface area contributed by atoms with Crippen molar-refractivity contribution in [2.45, 2.75) is 0 Å². The molecule has 354 valence electrons. The third kappa shape index (κ3) is 9.67. The molecule has 0 spiro atoms. The highest BCUT2D eigenvalue weighted by atomic mass is 16.6. The number of fused-ring (bicyclic) bond motifs is 6. The highest BCUT2D eigenvalue weighted by Gasteiger charge is 2.30. The van der Waals surface area contributed by atoms with Crippen LogP contribution >= 0.6 is 0 Å². The summed E-state index contributed by atoms with van der Waals surface area (Å²) >= 11 is 0. The fraction of sp³-hybridized carbons (Fsp3) is 0.222. The lowest BCUT2D eigenvalue weighted by molar-refractivity contribution is 0.292. The molecule has 0 atom stereocenters. The molecule has 0 aliphatic rings. The average Bonchev–Trinajstić information content (AvgIpc) is 3.40. The standard InChI is InChI=1S/3C18H19BO4/c3*1-20-14-9-5-7-12-11-13-8-6-10-15(21-2)17(13)18(16(12)14)19(22-3)23-4/h3*5-11H,1-4H3. The Morgan fingerprint density at radius 1 is 0.232 bits per heavy atom. The van der Waals surface area contributed by atoms with E-state index < -0.39 is 21.4 Å². The molecular formula is C54H57B3O12. The van der Waals surface area contributed by atoms with Gasteiger partial charge in [-0.05, 0) is 86.9 Å². The molecule has 0 amide bonds. The fourth-order valence-corrected chi connectivity index (χ4v) is 9.34. The van der Waals surface area contributed by atoms with Gasteiger partial charge in [0.15, 0.2) is 0 Å². The van der Waals surface area contributed by atoms with Crippen LogP contribution in [0.1, 0.15) is 0 Å². The van der Waals surface area contributed by atoms with Crippen molar-refractivity contribution in [1.29, 1.82) is 0 Å². The van der Waals surface area contributed by atoms with Gasteiger partial charge in [-0.3, -0.25) is 0 Å². The molecule has 0 fully saturated rings. The second kappa shape index (κ2) is 23.1. The molecule has 9 aromatic carbocycles. The quantitative estimate of drug-likeness (QED) is 0.0723. The molecule has 9 aromatic rings. The predicted molar refractivity (Wildman–Crippen MR) is 282 cm³/mol. The van der Waals surface area contributed by atoms with E-state index in [2.05, 4.69) is 54.6 Å². The normalized spacial score (nSPS) is 11.0. The molecule has 12 nitrogen and oxygen atoms in total. The Balaban J connectivity index is 0.000000153. The number of ether oxygens (including phenoxy) is 6. The molecule has 0 aliphatic heterocycles. The monoisotopic (exact) mass is 930 g/mol. The van der Waals surface area contributed by atoms with Crippen LogP contribution in [0.3, 0.4) is 0 Å². The van der Waals surface area contributed by atoms with Crippen molar-refractivity contribution in [2.24, 2.45) is 0 Å². The number of methoxy groups -OCH3 is 6. The van der Waals surface area contributed by atoms with Crippen molar-refractivity contribution in [3.63, 3.8) is 0 Å². The molecule has 0 bridgehead atoms. The van der Waals surface area contributed by atoms with Crippen molar-refractivity contribution < 1.29 is 56.3 Å². The van der Waals surface area contributed by atoms with Crippen molar-refractivity contribution >= 4 is 102 Å². The van der Waals surface area contributed by atoms with E-state index in [-0.39, 0.29) is 0 Å². The van der Waals surface area contributed by atoms with E-state index >= 15 is 0 Å². The van der Waals surface area contributed by atoms with Gasteiger partial charge in [-0.1, -0.05) is 72.8 Å². The van der Waals surface area contributed by atoms with E-state index in [4.69, 9.17) is 56.3 Å². The van der Waals surface area contributed by atoms with E-state index in [0.29, 0.717) is 0 Å². The minimum absolute atomic E-state index is 0.520. The van der Waals surface area contributed by atoms with Crippen LogP contribution in [0.5, 0.6) is 34.5 Å². The van der Waals surface area contributed by atoms with Gasteiger partial charge in [0.25, 0.3) is 0 Å². The van der Waals surface area contributed by atoms with Gasteiger partial charge in [0, 0.05) is 91.4 Å². The van der Waals surface area contributed by atoms with Crippen molar-refractivity contribution in [2.75, 3.05) is 85.3 Å². The summed E-state index contributed by atoms with van der Waals surface area (Å²) in [6.45, 7) is 0. The lowest BCUT2D eigenvalue weighted by atomic mass is 9.72. The van der Waals surface area contributed by atoms with E-state index in [1.54, 1.807) is 85.3 Å². The zero-order valence-corrected chi connectivity index (χ0v) is 41.3. The van der Waals surface area contributed by atoms with Gasteiger partial charge in [-0.25, -0.2) is 0 Å². The van der Waals surface area contributed by atoms with Crippen LogP contribution < -0.4 is 44.8 Å². The molecule has 0 N–H and O–H groups in total. The lowest BCUT2D eigenvalue weighted by Gasteiger charge is -2.19. The number of rotatable bonds is 15. The predicted octanol–water partition coefficient (Wildman–Crippen LogP) is 8.99. The first-order valence-corrected chi connectivity index (χ1v) is 22.1. The number of hydrogen-bond acceptors (Lipinski definition) is 12. The molecule has 0 aliphatic carbocycles. The molecular weight excluding hydrogens is 873 g/mol. The molecule has 9 rings (SSSR count). The van der Waals surface area contributed by atoms with E-state index in [9.17, 15) is 0 Å². The first kappa shape index (κ1) is 50.2. The third-order valence-corrected chi connectivity index (χ3v) is 12.2. The SMILES string of the molecule is COB(OC)c1c2c(OC)cccc2cc2cccc(OC)c12.COB(OC)c1c2c(OC)cccc2cc2cccc(OC)c12.COB(OC)c1c2c(OC)cccc2cc2cccc(OC)c12. The highest BCUT2D eigenvalue weighted by molar-refractivity contribution is 6.69. The Kier molecular flexibility index (Phi) is 16.8. The van der Waals surface area contributed by atoms with Crippen molar-refractivity contribution in [1.82, 2.24) is 0 Å². The smallest absolute Gasteiger partial charge is 0.495 e. The van der Waals surface area contributed by atoms with Gasteiger partial charge in [0.1, 0.15) is 34.5 Å². The maximum absolute atomic E-state index is 5.58. The van der Waals surface area contributed by atoms with Gasteiger partial charge in [-0.15, -0.1) is 0 Å². The maximum Gasteiger partial charge on any atom is 0.495 e. The van der Waals surface area contributed by atoms with Crippen molar-refractivity contribution in [3.05, 3.63) is 127 Å². The minimum Gasteiger partial charge on any atom is -0.496 e. The summed E-state index contributed by atoms with van der Waals surface area (Å²) in [5.41, 5.74) is 2.74. The zero-order chi connectivity index (χ0) is 49.2. The van der Waals surface area contributed by atoms with Crippen LogP contribution in [0.15, 0.2) is 127 Å². The van der Waals surface area contributed by atoms with Crippen LogP contribution in [0.25, 0.3) is 64.6 Å². The van der Waals surface area contributed by atoms with Gasteiger partial charge in [-0.2, -0.15) is 0 Å². The summed E-state index contributed by atoms with van der Waals surface area (Å²) in [4.78, 5) is 0. The van der Waals surface area contributed by atoms with Crippen LogP contribution in [0.2, 0.25) is 0 Å². The summed E-state index contributed by atoms with van der Waals surface area (Å²) in [7, 11) is 18.2. The Bertz CT molecular complexity index is 2680. The third-order valence-electron chi connectivity index (χ3n) is 12.2. The molecule has 0 unspecified atom stereocenters. The molecule has 0 saturated heterocycles. The molecule has 69 heavy (non-hydrogen) atoms. The Labute approximate surface area is 404 Å². The first-order valence-electron chi connectivity index (χ1n) is 22.1. The van der Waals surface area contributed by atoms with Crippen LogP contribution in [0, 0.1) is 0 Å². The van der Waals surface area contributed by atoms with E-state index in [0.717, 1.165) is 116 Å². The fourth-order valence-electron chi connectivity index (χ4n) is 9.34. The Hall–Kier alpha value is -6.71. The summed E-state index contributed by atoms with van der Waals surface area (Å²) < 4.78 is 66.9. The number of benzene rings is 9. The van der Waals surface area contributed by atoms with E-state index in [1.165, 1.54) is 0 Å². The van der Waals surface area contributed by atoms with Crippen molar-refractivity contribution in [3.8, 4) is 34.5 Å². The second-order valence-electron chi connectivity index (χ2n) is 15.6.